The molecule has 0 saturated carbocycles. The largest absolute Gasteiger partial charge is 0.320 e. The number of amides is 1. The van der Waals surface area contributed by atoms with Gasteiger partial charge in [0.25, 0.3) is 5.91 Å². The number of carbonyl (C=O) groups is 1. The molecular weight excluding hydrogens is 316 g/mol. The van der Waals surface area contributed by atoms with Crippen LogP contribution in [0.4, 0.5) is 5.69 Å². The number of para-hydroxylation sites is 2. The lowest BCUT2D eigenvalue weighted by molar-refractivity contribution is 0.102. The lowest BCUT2D eigenvalue weighted by Gasteiger charge is -2.07. The van der Waals surface area contributed by atoms with Crippen LogP contribution in [-0.2, 0) is 0 Å². The second-order valence-electron chi connectivity index (χ2n) is 4.32. The Balaban J connectivity index is 1.91. The number of benzene rings is 2. The van der Waals surface area contributed by atoms with Crippen LogP contribution in [0.1, 0.15) is 10.5 Å². The van der Waals surface area contributed by atoms with Gasteiger partial charge in [-0.3, -0.25) is 4.79 Å². The van der Waals surface area contributed by atoms with E-state index in [1.165, 1.54) is 0 Å². The minimum absolute atomic E-state index is 0.220. The van der Waals surface area contributed by atoms with Crippen molar-refractivity contribution in [2.45, 2.75) is 0 Å². The van der Waals surface area contributed by atoms with Gasteiger partial charge in [0.2, 0.25) is 0 Å². The van der Waals surface area contributed by atoms with Crippen LogP contribution in [0.15, 0.2) is 65.1 Å². The minimum Gasteiger partial charge on any atom is -0.320 e. The minimum atomic E-state index is -0.220. The Bertz CT molecular complexity index is 786. The molecule has 0 aliphatic rings. The van der Waals surface area contributed by atoms with Gasteiger partial charge in [0.15, 0.2) is 0 Å². The van der Waals surface area contributed by atoms with E-state index in [-0.39, 0.29) is 5.91 Å². The Labute approximate surface area is 124 Å². The van der Waals surface area contributed by atoms with Crippen LogP contribution in [0.25, 0.3) is 10.9 Å². The van der Waals surface area contributed by atoms with E-state index in [9.17, 15) is 4.79 Å². The molecule has 3 nitrogen and oxygen atoms in total. The summed E-state index contributed by atoms with van der Waals surface area (Å²) < 4.78 is 0.842. The molecule has 4 heteroatoms. The molecule has 1 amide bonds. The predicted molar refractivity (Wildman–Crippen MR) is 83.8 cm³/mol. The van der Waals surface area contributed by atoms with Crippen LogP contribution in [0.3, 0.4) is 0 Å². The first-order chi connectivity index (χ1) is 9.74. The van der Waals surface area contributed by atoms with E-state index in [0.29, 0.717) is 5.69 Å². The van der Waals surface area contributed by atoms with Crippen molar-refractivity contribution in [1.82, 2.24) is 4.98 Å². The Kier molecular flexibility index (Phi) is 3.48. The normalized spacial score (nSPS) is 10.4. The fourth-order valence-electron chi connectivity index (χ4n) is 1.94. The number of pyridine rings is 1. The molecule has 1 heterocycles. The summed E-state index contributed by atoms with van der Waals surface area (Å²) in [4.78, 5) is 16.6. The molecule has 0 aliphatic heterocycles. The number of hydrogen-bond donors (Lipinski definition) is 1. The van der Waals surface area contributed by atoms with Gasteiger partial charge in [-0.1, -0.05) is 36.4 Å². The van der Waals surface area contributed by atoms with Gasteiger partial charge in [-0.2, -0.15) is 0 Å². The molecule has 3 rings (SSSR count). The summed E-state index contributed by atoms with van der Waals surface area (Å²) in [6, 6.07) is 18.8. The highest BCUT2D eigenvalue weighted by Gasteiger charge is 2.09. The van der Waals surface area contributed by atoms with Crippen molar-refractivity contribution in [3.63, 3.8) is 0 Å². The van der Waals surface area contributed by atoms with Crippen molar-refractivity contribution in [2.24, 2.45) is 0 Å². The Morgan fingerprint density at radius 3 is 2.55 bits per heavy atom. The standard InChI is InChI=1S/C16H11BrN2O/c17-12-6-2-4-8-14(12)19-16(20)15-10-9-11-5-1-3-7-13(11)18-15/h1-10H,(H,19,20). The predicted octanol–water partition coefficient (Wildman–Crippen LogP) is 4.25. The first kappa shape index (κ1) is 12.8. The molecule has 2 aromatic carbocycles. The van der Waals surface area contributed by atoms with E-state index in [1.54, 1.807) is 6.07 Å². The van der Waals surface area contributed by atoms with Crippen molar-refractivity contribution in [3.8, 4) is 0 Å². The third-order valence-electron chi connectivity index (χ3n) is 2.95. The zero-order chi connectivity index (χ0) is 13.9. The molecule has 3 aromatic rings. The van der Waals surface area contributed by atoms with Crippen molar-refractivity contribution < 1.29 is 4.79 Å². The van der Waals surface area contributed by atoms with Crippen LogP contribution in [0.5, 0.6) is 0 Å². The van der Waals surface area contributed by atoms with E-state index < -0.39 is 0 Å². The van der Waals surface area contributed by atoms with E-state index in [2.05, 4.69) is 26.2 Å². The second kappa shape index (κ2) is 5.43. The van der Waals surface area contributed by atoms with E-state index in [4.69, 9.17) is 0 Å². The quantitative estimate of drug-likeness (QED) is 0.764. The maximum Gasteiger partial charge on any atom is 0.274 e. The molecule has 0 unspecified atom stereocenters. The van der Waals surface area contributed by atoms with Crippen LogP contribution in [-0.4, -0.2) is 10.9 Å². The molecule has 20 heavy (non-hydrogen) atoms. The third-order valence-corrected chi connectivity index (χ3v) is 3.64. The smallest absolute Gasteiger partial charge is 0.274 e. The maximum atomic E-state index is 12.2. The molecule has 1 aromatic heterocycles. The summed E-state index contributed by atoms with van der Waals surface area (Å²) in [6.45, 7) is 0. The molecule has 0 bridgehead atoms. The monoisotopic (exact) mass is 326 g/mol. The Hall–Kier alpha value is -2.20. The summed E-state index contributed by atoms with van der Waals surface area (Å²) >= 11 is 3.40. The third kappa shape index (κ3) is 2.56. The van der Waals surface area contributed by atoms with Crippen LogP contribution >= 0.6 is 15.9 Å². The average Bonchev–Trinajstić information content (AvgIpc) is 2.49. The summed E-state index contributed by atoms with van der Waals surface area (Å²) in [7, 11) is 0. The summed E-state index contributed by atoms with van der Waals surface area (Å²) in [6.07, 6.45) is 0. The van der Waals surface area contributed by atoms with Gasteiger partial charge in [-0.25, -0.2) is 4.98 Å². The van der Waals surface area contributed by atoms with Gasteiger partial charge >= 0.3 is 0 Å². The number of carbonyl (C=O) groups excluding carboxylic acids is 1. The number of halogens is 1. The number of hydrogen-bond acceptors (Lipinski definition) is 2. The number of nitrogens with one attached hydrogen (secondary N) is 1. The summed E-state index contributed by atoms with van der Waals surface area (Å²) in [5.74, 6) is -0.220. The van der Waals surface area contributed by atoms with Gasteiger partial charge in [0.1, 0.15) is 5.69 Å². The van der Waals surface area contributed by atoms with Gasteiger partial charge in [-0.15, -0.1) is 0 Å². The van der Waals surface area contributed by atoms with Crippen LogP contribution < -0.4 is 5.32 Å². The Morgan fingerprint density at radius 2 is 1.70 bits per heavy atom. The van der Waals surface area contributed by atoms with Gasteiger partial charge in [-0.05, 0) is 40.2 Å². The molecule has 1 N–H and O–H groups in total. The average molecular weight is 327 g/mol. The second-order valence-corrected chi connectivity index (χ2v) is 5.18. The van der Waals surface area contributed by atoms with E-state index in [0.717, 1.165) is 21.1 Å². The first-order valence-corrected chi connectivity index (χ1v) is 6.95. The van der Waals surface area contributed by atoms with E-state index in [1.807, 2.05) is 54.6 Å². The summed E-state index contributed by atoms with van der Waals surface area (Å²) in [5, 5.41) is 3.86. The number of anilines is 1. The molecule has 0 radical (unpaired) electrons. The number of nitrogens with zero attached hydrogens (tertiary/aromatic N) is 1. The van der Waals surface area contributed by atoms with Crippen molar-refractivity contribution in [2.75, 3.05) is 5.32 Å². The fourth-order valence-corrected chi connectivity index (χ4v) is 2.33. The highest BCUT2D eigenvalue weighted by atomic mass is 79.9. The fraction of sp³-hybridized carbons (Fsp3) is 0. The molecule has 0 fully saturated rings. The van der Waals surface area contributed by atoms with Gasteiger partial charge in [0.05, 0.1) is 11.2 Å². The lowest BCUT2D eigenvalue weighted by Crippen LogP contribution is -2.13. The number of aromatic nitrogens is 1. The number of fused-ring (bicyclic) bond motifs is 1. The molecule has 0 saturated heterocycles. The van der Waals surface area contributed by atoms with Crippen molar-refractivity contribution in [1.29, 1.82) is 0 Å². The Morgan fingerprint density at radius 1 is 0.950 bits per heavy atom. The molecule has 98 valence electrons. The summed E-state index contributed by atoms with van der Waals surface area (Å²) in [5.41, 5.74) is 1.94. The van der Waals surface area contributed by atoms with Crippen molar-refractivity contribution >= 4 is 38.4 Å². The highest BCUT2D eigenvalue weighted by molar-refractivity contribution is 9.10. The van der Waals surface area contributed by atoms with E-state index >= 15 is 0 Å². The van der Waals surface area contributed by atoms with Crippen LogP contribution in [0.2, 0.25) is 0 Å². The van der Waals surface area contributed by atoms with Crippen molar-refractivity contribution in [3.05, 3.63) is 70.8 Å². The molecule has 0 atom stereocenters. The lowest BCUT2D eigenvalue weighted by atomic mass is 10.2. The zero-order valence-electron chi connectivity index (χ0n) is 10.5. The van der Waals surface area contributed by atoms with Gasteiger partial charge < -0.3 is 5.32 Å². The SMILES string of the molecule is O=C(Nc1ccccc1Br)c1ccc2ccccc2n1. The topological polar surface area (TPSA) is 42.0 Å². The first-order valence-electron chi connectivity index (χ1n) is 6.16. The van der Waals surface area contributed by atoms with Gasteiger partial charge in [0, 0.05) is 9.86 Å². The maximum absolute atomic E-state index is 12.2. The molecular formula is C16H11BrN2O. The highest BCUT2D eigenvalue weighted by Crippen LogP contribution is 2.22. The number of rotatable bonds is 2. The molecule has 0 spiro atoms. The van der Waals surface area contributed by atoms with Crippen LogP contribution in [0, 0.1) is 0 Å². The zero-order valence-corrected chi connectivity index (χ0v) is 12.1. The molecule has 0 aliphatic carbocycles.